The first-order valence-corrected chi connectivity index (χ1v) is 9.18. The summed E-state index contributed by atoms with van der Waals surface area (Å²) in [6.45, 7) is 5.89. The third kappa shape index (κ3) is 4.63. The second-order valence-electron chi connectivity index (χ2n) is 6.44. The summed E-state index contributed by atoms with van der Waals surface area (Å²) in [5.74, 6) is -0.0610. The second-order valence-corrected chi connectivity index (χ2v) is 6.44. The number of nitrogens with one attached hydrogen (secondary N) is 1. The Morgan fingerprint density at radius 1 is 1.23 bits per heavy atom. The van der Waals surface area contributed by atoms with E-state index in [1.807, 2.05) is 13.0 Å². The standard InChI is InChI=1S/C18H26N4O4/c1-2-26-18(24)22-7-4-14(5-8-22)20-15-3-6-19-16(13-15)17(23)21-9-11-25-12-10-21/h3,6,13-14H,2,4-5,7-12H2,1H3,(H,19,20). The van der Waals surface area contributed by atoms with Crippen LogP contribution >= 0.6 is 0 Å². The van der Waals surface area contributed by atoms with Crippen molar-refractivity contribution < 1.29 is 19.1 Å². The van der Waals surface area contributed by atoms with Gasteiger partial charge in [0.05, 0.1) is 19.8 Å². The lowest BCUT2D eigenvalue weighted by Gasteiger charge is -2.32. The highest BCUT2D eigenvalue weighted by Gasteiger charge is 2.24. The summed E-state index contributed by atoms with van der Waals surface area (Å²) < 4.78 is 10.3. The van der Waals surface area contributed by atoms with Gasteiger partial charge >= 0.3 is 6.09 Å². The highest BCUT2D eigenvalue weighted by Crippen LogP contribution is 2.18. The number of hydrogen-bond donors (Lipinski definition) is 1. The summed E-state index contributed by atoms with van der Waals surface area (Å²) in [6.07, 6.45) is 3.10. The van der Waals surface area contributed by atoms with Gasteiger partial charge in [0.2, 0.25) is 0 Å². The number of nitrogens with zero attached hydrogens (tertiary/aromatic N) is 3. The van der Waals surface area contributed by atoms with E-state index in [1.165, 1.54) is 0 Å². The number of carbonyl (C=O) groups is 2. The van der Waals surface area contributed by atoms with E-state index in [4.69, 9.17) is 9.47 Å². The van der Waals surface area contributed by atoms with Gasteiger partial charge in [-0.15, -0.1) is 0 Å². The molecule has 8 nitrogen and oxygen atoms in total. The average molecular weight is 362 g/mol. The number of anilines is 1. The quantitative estimate of drug-likeness (QED) is 0.876. The van der Waals surface area contributed by atoms with Gasteiger partial charge in [0.1, 0.15) is 5.69 Å². The van der Waals surface area contributed by atoms with E-state index in [9.17, 15) is 9.59 Å². The van der Waals surface area contributed by atoms with Crippen LogP contribution in [0.15, 0.2) is 18.3 Å². The number of hydrogen-bond acceptors (Lipinski definition) is 6. The summed E-state index contributed by atoms with van der Waals surface area (Å²) >= 11 is 0. The molecule has 2 amide bonds. The Bertz CT molecular complexity index is 625. The molecule has 1 aromatic rings. The van der Waals surface area contributed by atoms with E-state index in [-0.39, 0.29) is 18.0 Å². The third-order valence-corrected chi connectivity index (χ3v) is 4.67. The molecule has 26 heavy (non-hydrogen) atoms. The lowest BCUT2D eigenvalue weighted by atomic mass is 10.1. The van der Waals surface area contributed by atoms with Gasteiger partial charge in [0.25, 0.3) is 5.91 Å². The molecule has 0 aliphatic carbocycles. The third-order valence-electron chi connectivity index (χ3n) is 4.67. The van der Waals surface area contributed by atoms with Crippen molar-refractivity contribution in [3.63, 3.8) is 0 Å². The number of carbonyl (C=O) groups excluding carboxylic acids is 2. The van der Waals surface area contributed by atoms with Crippen molar-refractivity contribution in [3.05, 3.63) is 24.0 Å². The zero-order chi connectivity index (χ0) is 18.4. The van der Waals surface area contributed by atoms with E-state index in [2.05, 4.69) is 10.3 Å². The predicted octanol–water partition coefficient (Wildman–Crippen LogP) is 1.59. The molecule has 2 aliphatic heterocycles. The number of amides is 2. The van der Waals surface area contributed by atoms with Crippen LogP contribution in [0, 0.1) is 0 Å². The Hall–Kier alpha value is -2.35. The maximum Gasteiger partial charge on any atom is 0.409 e. The fraction of sp³-hybridized carbons (Fsp3) is 0.611. The Kier molecular flexibility index (Phi) is 6.27. The molecule has 0 atom stereocenters. The molecular formula is C18H26N4O4. The van der Waals surface area contributed by atoms with Crippen LogP contribution in [0.25, 0.3) is 0 Å². The molecule has 0 spiro atoms. The molecule has 0 radical (unpaired) electrons. The minimum atomic E-state index is -0.242. The molecule has 3 rings (SSSR count). The van der Waals surface area contributed by atoms with Gasteiger partial charge in [-0.2, -0.15) is 0 Å². The lowest BCUT2D eigenvalue weighted by Crippen LogP contribution is -2.42. The molecule has 8 heteroatoms. The van der Waals surface area contributed by atoms with E-state index in [0.717, 1.165) is 18.5 Å². The number of aromatic nitrogens is 1. The van der Waals surface area contributed by atoms with Crippen LogP contribution in [0.3, 0.4) is 0 Å². The van der Waals surface area contributed by atoms with Crippen LogP contribution in [0.5, 0.6) is 0 Å². The van der Waals surface area contributed by atoms with Crippen LogP contribution < -0.4 is 5.32 Å². The summed E-state index contributed by atoms with van der Waals surface area (Å²) in [5, 5.41) is 3.46. The van der Waals surface area contributed by atoms with Crippen LogP contribution in [0.2, 0.25) is 0 Å². The Balaban J connectivity index is 1.54. The topological polar surface area (TPSA) is 84.0 Å². The Morgan fingerprint density at radius 2 is 1.96 bits per heavy atom. The second kappa shape index (κ2) is 8.84. The van der Waals surface area contributed by atoms with Crippen LogP contribution in [0.4, 0.5) is 10.5 Å². The molecule has 2 aliphatic rings. The van der Waals surface area contributed by atoms with Crippen LogP contribution in [-0.4, -0.2) is 78.8 Å². The minimum Gasteiger partial charge on any atom is -0.450 e. The fourth-order valence-corrected chi connectivity index (χ4v) is 3.22. The van der Waals surface area contributed by atoms with Crippen molar-refractivity contribution in [1.29, 1.82) is 0 Å². The molecule has 1 aromatic heterocycles. The van der Waals surface area contributed by atoms with Crippen LogP contribution in [0.1, 0.15) is 30.3 Å². The van der Waals surface area contributed by atoms with Gasteiger partial charge in [0, 0.05) is 44.1 Å². The van der Waals surface area contributed by atoms with Crippen molar-refractivity contribution in [1.82, 2.24) is 14.8 Å². The smallest absolute Gasteiger partial charge is 0.409 e. The minimum absolute atomic E-state index is 0.0610. The van der Waals surface area contributed by atoms with Crippen molar-refractivity contribution in [2.45, 2.75) is 25.8 Å². The largest absolute Gasteiger partial charge is 0.450 e. The molecule has 142 valence electrons. The SMILES string of the molecule is CCOC(=O)N1CCC(Nc2ccnc(C(=O)N3CCOCC3)c2)CC1. The first-order valence-electron chi connectivity index (χ1n) is 9.18. The monoisotopic (exact) mass is 362 g/mol. The summed E-state index contributed by atoms with van der Waals surface area (Å²) in [6, 6.07) is 3.93. The van der Waals surface area contributed by atoms with Gasteiger partial charge in [-0.1, -0.05) is 0 Å². The summed E-state index contributed by atoms with van der Waals surface area (Å²) in [7, 11) is 0. The van der Waals surface area contributed by atoms with Crippen molar-refractivity contribution >= 4 is 17.7 Å². The van der Waals surface area contributed by atoms with Crippen molar-refractivity contribution in [2.24, 2.45) is 0 Å². The first-order chi connectivity index (χ1) is 12.7. The van der Waals surface area contributed by atoms with Crippen molar-refractivity contribution in [2.75, 3.05) is 51.3 Å². The zero-order valence-corrected chi connectivity index (χ0v) is 15.1. The Labute approximate surface area is 153 Å². The van der Waals surface area contributed by atoms with Crippen molar-refractivity contribution in [3.8, 4) is 0 Å². The van der Waals surface area contributed by atoms with Crippen LogP contribution in [-0.2, 0) is 9.47 Å². The average Bonchev–Trinajstić information content (AvgIpc) is 2.69. The zero-order valence-electron chi connectivity index (χ0n) is 15.1. The van der Waals surface area contributed by atoms with Gasteiger partial charge in [0.15, 0.2) is 0 Å². The lowest BCUT2D eigenvalue weighted by molar-refractivity contribution is 0.0299. The molecule has 0 unspecified atom stereocenters. The predicted molar refractivity (Wildman–Crippen MR) is 96.2 cm³/mol. The van der Waals surface area contributed by atoms with E-state index >= 15 is 0 Å². The molecule has 2 saturated heterocycles. The number of likely N-dealkylation sites (tertiary alicyclic amines) is 1. The fourth-order valence-electron chi connectivity index (χ4n) is 3.22. The maximum absolute atomic E-state index is 12.5. The normalized spacial score (nSPS) is 18.5. The molecule has 0 bridgehead atoms. The number of piperidine rings is 1. The number of ether oxygens (including phenoxy) is 2. The van der Waals surface area contributed by atoms with E-state index < -0.39 is 0 Å². The number of pyridine rings is 1. The van der Waals surface area contributed by atoms with Gasteiger partial charge in [-0.25, -0.2) is 4.79 Å². The summed E-state index contributed by atoms with van der Waals surface area (Å²) in [5.41, 5.74) is 1.33. The number of rotatable bonds is 4. The molecular weight excluding hydrogens is 336 g/mol. The Morgan fingerprint density at radius 3 is 2.65 bits per heavy atom. The van der Waals surface area contributed by atoms with Gasteiger partial charge in [-0.3, -0.25) is 9.78 Å². The number of morpholine rings is 1. The highest BCUT2D eigenvalue weighted by atomic mass is 16.6. The molecule has 0 saturated carbocycles. The van der Waals surface area contributed by atoms with E-state index in [1.54, 1.807) is 22.1 Å². The maximum atomic E-state index is 12.5. The molecule has 2 fully saturated rings. The molecule has 3 heterocycles. The molecule has 1 N–H and O–H groups in total. The van der Waals surface area contributed by atoms with Gasteiger partial charge in [-0.05, 0) is 31.9 Å². The summed E-state index contributed by atoms with van der Waals surface area (Å²) in [4.78, 5) is 32.0. The first kappa shape index (κ1) is 18.4. The van der Waals surface area contributed by atoms with Gasteiger partial charge < -0.3 is 24.6 Å². The highest BCUT2D eigenvalue weighted by molar-refractivity contribution is 5.93. The van der Waals surface area contributed by atoms with E-state index in [0.29, 0.717) is 51.7 Å². The molecule has 0 aromatic carbocycles.